The van der Waals surface area contributed by atoms with E-state index in [9.17, 15) is 14.7 Å². The lowest BCUT2D eigenvalue weighted by Gasteiger charge is -2.31. The molecule has 3 rings (SSSR count). The number of amides is 1. The summed E-state index contributed by atoms with van der Waals surface area (Å²) in [6.07, 6.45) is 2.92. The number of likely N-dealkylation sites (tertiary alicyclic amines) is 1. The van der Waals surface area contributed by atoms with Gasteiger partial charge in [-0.05, 0) is 25.8 Å². The molecule has 2 aromatic rings. The van der Waals surface area contributed by atoms with Crippen molar-refractivity contribution in [2.45, 2.75) is 31.8 Å². The van der Waals surface area contributed by atoms with Crippen LogP contribution in [0.1, 0.15) is 19.8 Å². The highest BCUT2D eigenvalue weighted by atomic mass is 16.4. The molecule has 1 unspecified atom stereocenters. The summed E-state index contributed by atoms with van der Waals surface area (Å²) in [5, 5.41) is 14.6. The van der Waals surface area contributed by atoms with E-state index in [1.54, 1.807) is 17.8 Å². The standard InChI is InChI=1S/C15H17N3O3/c1-15(14(20)21)7-4-8-17(15)13(19)10-18-12-6-3-2-5-11(12)9-16-18/h2-3,5-6,9H,4,7-8,10H2,1H3,(H,20,21). The molecule has 1 atom stereocenters. The van der Waals surface area contributed by atoms with Gasteiger partial charge in [0.2, 0.25) is 5.91 Å². The van der Waals surface area contributed by atoms with Gasteiger partial charge in [0.15, 0.2) is 0 Å². The number of carbonyl (C=O) groups excluding carboxylic acids is 1. The Kier molecular flexibility index (Phi) is 3.16. The number of nitrogens with zero attached hydrogens (tertiary/aromatic N) is 3. The first-order valence-corrected chi connectivity index (χ1v) is 6.97. The zero-order chi connectivity index (χ0) is 15.0. The predicted octanol–water partition coefficient (Wildman–Crippen LogP) is 1.50. The van der Waals surface area contributed by atoms with Gasteiger partial charge < -0.3 is 10.0 Å². The maximum Gasteiger partial charge on any atom is 0.329 e. The molecule has 1 amide bonds. The van der Waals surface area contributed by atoms with Crippen LogP contribution >= 0.6 is 0 Å². The first-order valence-electron chi connectivity index (χ1n) is 6.97. The molecule has 6 nitrogen and oxygen atoms in total. The third kappa shape index (κ3) is 2.16. The molecule has 110 valence electrons. The van der Waals surface area contributed by atoms with E-state index in [4.69, 9.17) is 0 Å². The molecule has 0 bridgehead atoms. The predicted molar refractivity (Wildman–Crippen MR) is 76.7 cm³/mol. The molecule has 0 spiro atoms. The maximum atomic E-state index is 12.5. The Morgan fingerprint density at radius 2 is 2.14 bits per heavy atom. The van der Waals surface area contributed by atoms with Gasteiger partial charge in [-0.25, -0.2) is 4.79 Å². The molecular formula is C15H17N3O3. The Morgan fingerprint density at radius 3 is 2.90 bits per heavy atom. The minimum atomic E-state index is -1.10. The molecule has 1 saturated heterocycles. The van der Waals surface area contributed by atoms with E-state index in [0.29, 0.717) is 19.4 Å². The highest BCUT2D eigenvalue weighted by molar-refractivity contribution is 5.88. The van der Waals surface area contributed by atoms with Crippen LogP contribution in [0.15, 0.2) is 30.5 Å². The summed E-state index contributed by atoms with van der Waals surface area (Å²) in [7, 11) is 0. The first kappa shape index (κ1) is 13.6. The number of carboxylic acids is 1. The lowest BCUT2D eigenvalue weighted by atomic mass is 9.99. The van der Waals surface area contributed by atoms with Gasteiger partial charge in [0.25, 0.3) is 0 Å². The topological polar surface area (TPSA) is 75.4 Å². The smallest absolute Gasteiger partial charge is 0.329 e. The number of carboxylic acid groups (broad SMARTS) is 1. The van der Waals surface area contributed by atoms with Crippen LogP contribution in [-0.4, -0.2) is 43.7 Å². The average molecular weight is 287 g/mol. The number of rotatable bonds is 3. The van der Waals surface area contributed by atoms with E-state index in [1.807, 2.05) is 24.3 Å². The second-order valence-corrected chi connectivity index (χ2v) is 5.59. The average Bonchev–Trinajstić information content (AvgIpc) is 3.04. The van der Waals surface area contributed by atoms with E-state index in [1.165, 1.54) is 4.90 Å². The van der Waals surface area contributed by atoms with Crippen molar-refractivity contribution in [3.63, 3.8) is 0 Å². The van der Waals surface area contributed by atoms with Crippen LogP contribution in [0.25, 0.3) is 10.9 Å². The summed E-state index contributed by atoms with van der Waals surface area (Å²) in [5.74, 6) is -1.15. The third-order valence-corrected chi connectivity index (χ3v) is 4.24. The highest BCUT2D eigenvalue weighted by Crippen LogP contribution is 2.29. The summed E-state index contributed by atoms with van der Waals surface area (Å²) in [6.45, 7) is 2.17. The molecule has 1 aliphatic heterocycles. The molecule has 21 heavy (non-hydrogen) atoms. The van der Waals surface area contributed by atoms with Crippen LogP contribution in [-0.2, 0) is 16.1 Å². The zero-order valence-corrected chi connectivity index (χ0v) is 11.8. The van der Waals surface area contributed by atoms with E-state index >= 15 is 0 Å². The van der Waals surface area contributed by atoms with Crippen molar-refractivity contribution in [1.29, 1.82) is 0 Å². The van der Waals surface area contributed by atoms with E-state index in [0.717, 1.165) is 10.9 Å². The summed E-state index contributed by atoms with van der Waals surface area (Å²) >= 11 is 0. The largest absolute Gasteiger partial charge is 0.480 e. The van der Waals surface area contributed by atoms with Crippen LogP contribution in [0.3, 0.4) is 0 Å². The van der Waals surface area contributed by atoms with Gasteiger partial charge in [0.05, 0.1) is 11.7 Å². The highest BCUT2D eigenvalue weighted by Gasteiger charge is 2.45. The minimum absolute atomic E-state index is 0.0659. The monoisotopic (exact) mass is 287 g/mol. The van der Waals surface area contributed by atoms with Crippen LogP contribution in [0.2, 0.25) is 0 Å². The zero-order valence-electron chi connectivity index (χ0n) is 11.8. The Labute approximate surface area is 122 Å². The fourth-order valence-corrected chi connectivity index (χ4v) is 2.95. The SMILES string of the molecule is CC1(C(=O)O)CCCN1C(=O)Cn1ncc2ccccc21. The van der Waals surface area contributed by atoms with Gasteiger partial charge in [-0.1, -0.05) is 18.2 Å². The Bertz CT molecular complexity index is 709. The van der Waals surface area contributed by atoms with Crippen molar-refractivity contribution in [1.82, 2.24) is 14.7 Å². The number of para-hydroxylation sites is 1. The second-order valence-electron chi connectivity index (χ2n) is 5.59. The summed E-state index contributed by atoms with van der Waals surface area (Å²) < 4.78 is 1.62. The Balaban J connectivity index is 1.85. The van der Waals surface area contributed by atoms with Gasteiger partial charge in [0, 0.05) is 11.9 Å². The van der Waals surface area contributed by atoms with Crippen molar-refractivity contribution in [2.24, 2.45) is 0 Å². The van der Waals surface area contributed by atoms with Gasteiger partial charge in [-0.3, -0.25) is 9.48 Å². The molecule has 2 heterocycles. The van der Waals surface area contributed by atoms with Gasteiger partial charge in [0.1, 0.15) is 12.1 Å². The van der Waals surface area contributed by atoms with Crippen molar-refractivity contribution < 1.29 is 14.7 Å². The molecular weight excluding hydrogens is 270 g/mol. The molecule has 0 radical (unpaired) electrons. The van der Waals surface area contributed by atoms with Gasteiger partial charge in [-0.2, -0.15) is 5.10 Å². The number of hydrogen-bond acceptors (Lipinski definition) is 3. The van der Waals surface area contributed by atoms with Crippen LogP contribution in [0.5, 0.6) is 0 Å². The van der Waals surface area contributed by atoms with Crippen molar-refractivity contribution in [3.8, 4) is 0 Å². The van der Waals surface area contributed by atoms with Crippen LogP contribution in [0.4, 0.5) is 0 Å². The number of carbonyl (C=O) groups is 2. The van der Waals surface area contributed by atoms with E-state index < -0.39 is 11.5 Å². The first-order chi connectivity index (χ1) is 10.0. The van der Waals surface area contributed by atoms with Crippen LogP contribution < -0.4 is 0 Å². The van der Waals surface area contributed by atoms with E-state index in [-0.39, 0.29) is 12.5 Å². The van der Waals surface area contributed by atoms with Crippen LogP contribution in [0, 0.1) is 0 Å². The Hall–Kier alpha value is -2.37. The molecule has 1 fully saturated rings. The summed E-state index contributed by atoms with van der Waals surface area (Å²) in [6, 6.07) is 7.64. The lowest BCUT2D eigenvalue weighted by molar-refractivity contribution is -0.155. The molecule has 1 aromatic heterocycles. The fraction of sp³-hybridized carbons (Fsp3) is 0.400. The van der Waals surface area contributed by atoms with Crippen molar-refractivity contribution in [2.75, 3.05) is 6.54 Å². The fourth-order valence-electron chi connectivity index (χ4n) is 2.95. The lowest BCUT2D eigenvalue weighted by Crippen LogP contribution is -2.51. The molecule has 6 heteroatoms. The minimum Gasteiger partial charge on any atom is -0.480 e. The van der Waals surface area contributed by atoms with Crippen molar-refractivity contribution in [3.05, 3.63) is 30.5 Å². The number of hydrogen-bond donors (Lipinski definition) is 1. The summed E-state index contributed by atoms with van der Waals surface area (Å²) in [4.78, 5) is 25.4. The van der Waals surface area contributed by atoms with E-state index in [2.05, 4.69) is 5.10 Å². The molecule has 0 aliphatic carbocycles. The second kappa shape index (κ2) is 4.87. The number of fused-ring (bicyclic) bond motifs is 1. The van der Waals surface area contributed by atoms with Gasteiger partial charge in [-0.15, -0.1) is 0 Å². The number of aromatic nitrogens is 2. The number of aliphatic carboxylic acids is 1. The van der Waals surface area contributed by atoms with Crippen molar-refractivity contribution >= 4 is 22.8 Å². The molecule has 1 aromatic carbocycles. The molecule has 0 saturated carbocycles. The maximum absolute atomic E-state index is 12.5. The molecule has 1 N–H and O–H groups in total. The number of benzene rings is 1. The molecule has 1 aliphatic rings. The quantitative estimate of drug-likeness (QED) is 0.928. The third-order valence-electron chi connectivity index (χ3n) is 4.24. The summed E-state index contributed by atoms with van der Waals surface area (Å²) in [5.41, 5.74) is -0.220. The Morgan fingerprint density at radius 1 is 1.38 bits per heavy atom. The normalized spacial score (nSPS) is 21.9. The van der Waals surface area contributed by atoms with Gasteiger partial charge >= 0.3 is 5.97 Å².